The second kappa shape index (κ2) is 4.06. The first-order chi connectivity index (χ1) is 4.93. The number of hydrogen-bond donors (Lipinski definition) is 1. The smallest absolute Gasteiger partial charge is 0.124 e. The molecule has 2 N–H and O–H groups in total. The van der Waals surface area contributed by atoms with Crippen LogP contribution < -0.4 is 5.73 Å². The summed E-state index contributed by atoms with van der Waals surface area (Å²) in [5.74, 6) is 0. The highest BCUT2D eigenvalue weighted by molar-refractivity contribution is 4.94. The predicted octanol–water partition coefficient (Wildman–Crippen LogP) is 0.956. The highest BCUT2D eigenvalue weighted by atomic mass is 16.5. The molecule has 0 aliphatic rings. The van der Waals surface area contributed by atoms with Gasteiger partial charge in [-0.3, -0.25) is 0 Å². The number of nitrogens with zero attached hydrogens (tertiary/aromatic N) is 1. The third-order valence-electron chi connectivity index (χ3n) is 1.38. The van der Waals surface area contributed by atoms with Gasteiger partial charge in [0.25, 0.3) is 0 Å². The Kier molecular flexibility index (Phi) is 2.96. The van der Waals surface area contributed by atoms with Crippen LogP contribution in [0.15, 0.2) is 16.9 Å². The third-order valence-corrected chi connectivity index (χ3v) is 1.38. The first-order valence-corrected chi connectivity index (χ1v) is 3.53. The van der Waals surface area contributed by atoms with E-state index in [1.54, 1.807) is 6.26 Å². The molecule has 3 nitrogen and oxygen atoms in total. The highest BCUT2D eigenvalue weighted by Crippen LogP contribution is 2.00. The number of hydrogen-bond acceptors (Lipinski definition) is 3. The fraction of sp³-hybridized carbons (Fsp3) is 0.571. The average Bonchev–Trinajstić information content (AvgIpc) is 2.41. The maximum atomic E-state index is 5.32. The van der Waals surface area contributed by atoms with Gasteiger partial charge < -0.3 is 10.3 Å². The van der Waals surface area contributed by atoms with Crippen LogP contribution in [-0.4, -0.2) is 11.7 Å². The van der Waals surface area contributed by atoms with Crippen LogP contribution in [0.25, 0.3) is 0 Å². The third kappa shape index (κ3) is 2.19. The normalized spacial score (nSPS) is 10.1. The van der Waals surface area contributed by atoms with E-state index in [1.165, 1.54) is 0 Å². The molecule has 0 saturated heterocycles. The van der Waals surface area contributed by atoms with Crippen molar-refractivity contribution in [3.63, 3.8) is 0 Å². The van der Waals surface area contributed by atoms with Crippen LogP contribution in [0.1, 0.15) is 18.5 Å². The second-order valence-electron chi connectivity index (χ2n) is 2.24. The lowest BCUT2D eigenvalue weighted by atomic mass is 10.2. The standard InChI is InChI=1S/C7H12N2O/c8-5-2-1-3-7-4-6-10-9-7/h4,6H,1-3,5,8H2. The summed E-state index contributed by atoms with van der Waals surface area (Å²) in [5.41, 5.74) is 6.35. The zero-order valence-electron chi connectivity index (χ0n) is 5.92. The van der Waals surface area contributed by atoms with Gasteiger partial charge in [-0.2, -0.15) is 0 Å². The molecule has 0 spiro atoms. The Balaban J connectivity index is 2.15. The van der Waals surface area contributed by atoms with Crippen molar-refractivity contribution < 1.29 is 4.52 Å². The Hall–Kier alpha value is -0.830. The lowest BCUT2D eigenvalue weighted by Gasteiger charge is -1.91. The molecule has 0 saturated carbocycles. The minimum atomic E-state index is 0.762. The van der Waals surface area contributed by atoms with Crippen LogP contribution in [-0.2, 0) is 6.42 Å². The number of nitrogens with two attached hydrogens (primary N) is 1. The molecule has 0 aliphatic heterocycles. The molecule has 0 fully saturated rings. The zero-order chi connectivity index (χ0) is 7.23. The van der Waals surface area contributed by atoms with Crippen molar-refractivity contribution in [2.75, 3.05) is 6.54 Å². The van der Waals surface area contributed by atoms with E-state index in [-0.39, 0.29) is 0 Å². The minimum absolute atomic E-state index is 0.762. The SMILES string of the molecule is NCCCCc1ccon1. The van der Waals surface area contributed by atoms with Crippen molar-refractivity contribution in [1.29, 1.82) is 0 Å². The maximum Gasteiger partial charge on any atom is 0.124 e. The summed E-state index contributed by atoms with van der Waals surface area (Å²) < 4.78 is 4.66. The van der Waals surface area contributed by atoms with Gasteiger partial charge >= 0.3 is 0 Å². The summed E-state index contributed by atoms with van der Waals surface area (Å²) in [5, 5.41) is 3.77. The molecule has 0 bridgehead atoms. The van der Waals surface area contributed by atoms with Crippen molar-refractivity contribution in [2.24, 2.45) is 5.73 Å². The van der Waals surface area contributed by atoms with Gasteiger partial charge in [0.15, 0.2) is 0 Å². The molecule has 1 heterocycles. The molecule has 0 amide bonds. The Labute approximate surface area is 60.2 Å². The number of aromatic nitrogens is 1. The first kappa shape index (κ1) is 7.28. The van der Waals surface area contributed by atoms with E-state index < -0.39 is 0 Å². The van der Waals surface area contributed by atoms with E-state index in [4.69, 9.17) is 5.73 Å². The fourth-order valence-corrected chi connectivity index (χ4v) is 0.817. The lowest BCUT2D eigenvalue weighted by molar-refractivity contribution is 0.410. The van der Waals surface area contributed by atoms with E-state index in [2.05, 4.69) is 9.68 Å². The predicted molar refractivity (Wildman–Crippen MR) is 38.5 cm³/mol. The van der Waals surface area contributed by atoms with Crippen molar-refractivity contribution >= 4 is 0 Å². The summed E-state index contributed by atoms with van der Waals surface area (Å²) in [4.78, 5) is 0. The zero-order valence-corrected chi connectivity index (χ0v) is 5.92. The van der Waals surface area contributed by atoms with E-state index in [1.807, 2.05) is 6.07 Å². The fourth-order valence-electron chi connectivity index (χ4n) is 0.817. The van der Waals surface area contributed by atoms with Gasteiger partial charge in [-0.05, 0) is 25.8 Å². The number of aryl methyl sites for hydroxylation is 1. The Bertz CT molecular complexity index is 160. The second-order valence-corrected chi connectivity index (χ2v) is 2.24. The van der Waals surface area contributed by atoms with Crippen molar-refractivity contribution in [3.05, 3.63) is 18.0 Å². The van der Waals surface area contributed by atoms with Crippen LogP contribution in [0, 0.1) is 0 Å². The average molecular weight is 140 g/mol. The summed E-state index contributed by atoms with van der Waals surface area (Å²) >= 11 is 0. The molecule has 0 atom stereocenters. The van der Waals surface area contributed by atoms with Gasteiger partial charge in [0, 0.05) is 6.07 Å². The Morgan fingerprint density at radius 1 is 1.50 bits per heavy atom. The molecular weight excluding hydrogens is 128 g/mol. The van der Waals surface area contributed by atoms with Gasteiger partial charge in [-0.15, -0.1) is 0 Å². The summed E-state index contributed by atoms with van der Waals surface area (Å²) in [6.07, 6.45) is 4.74. The van der Waals surface area contributed by atoms with Crippen LogP contribution in [0.2, 0.25) is 0 Å². The van der Waals surface area contributed by atoms with E-state index in [9.17, 15) is 0 Å². The van der Waals surface area contributed by atoms with Gasteiger partial charge in [0.2, 0.25) is 0 Å². The minimum Gasteiger partial charge on any atom is -0.365 e. The molecule has 1 aromatic rings. The lowest BCUT2D eigenvalue weighted by Crippen LogP contribution is -1.98. The monoisotopic (exact) mass is 140 g/mol. The first-order valence-electron chi connectivity index (χ1n) is 3.53. The van der Waals surface area contributed by atoms with E-state index >= 15 is 0 Å². The van der Waals surface area contributed by atoms with Crippen molar-refractivity contribution in [1.82, 2.24) is 5.16 Å². The van der Waals surface area contributed by atoms with Crippen LogP contribution in [0.3, 0.4) is 0 Å². The van der Waals surface area contributed by atoms with Crippen LogP contribution in [0.5, 0.6) is 0 Å². The quantitative estimate of drug-likeness (QED) is 0.633. The molecule has 0 aliphatic carbocycles. The van der Waals surface area contributed by atoms with E-state index in [0.717, 1.165) is 31.5 Å². The summed E-state index contributed by atoms with van der Waals surface area (Å²) in [6, 6.07) is 1.89. The van der Waals surface area contributed by atoms with Gasteiger partial charge in [-0.25, -0.2) is 0 Å². The van der Waals surface area contributed by atoms with E-state index in [0.29, 0.717) is 0 Å². The maximum absolute atomic E-state index is 5.32. The number of rotatable bonds is 4. The van der Waals surface area contributed by atoms with Gasteiger partial charge in [-0.1, -0.05) is 5.16 Å². The molecule has 0 aromatic carbocycles. The molecule has 1 aromatic heterocycles. The molecule has 3 heteroatoms. The molecule has 10 heavy (non-hydrogen) atoms. The molecule has 1 rings (SSSR count). The van der Waals surface area contributed by atoms with Gasteiger partial charge in [0.05, 0.1) is 5.69 Å². The molecule has 56 valence electrons. The van der Waals surface area contributed by atoms with Crippen molar-refractivity contribution in [2.45, 2.75) is 19.3 Å². The Morgan fingerprint density at radius 3 is 3.00 bits per heavy atom. The van der Waals surface area contributed by atoms with Gasteiger partial charge in [0.1, 0.15) is 6.26 Å². The number of unbranched alkanes of at least 4 members (excludes halogenated alkanes) is 1. The Morgan fingerprint density at radius 2 is 2.40 bits per heavy atom. The molecular formula is C7H12N2O. The van der Waals surface area contributed by atoms with Crippen LogP contribution in [0.4, 0.5) is 0 Å². The molecule has 0 unspecified atom stereocenters. The van der Waals surface area contributed by atoms with Crippen LogP contribution >= 0.6 is 0 Å². The topological polar surface area (TPSA) is 52.0 Å². The largest absolute Gasteiger partial charge is 0.365 e. The molecule has 0 radical (unpaired) electrons. The highest BCUT2D eigenvalue weighted by Gasteiger charge is 1.93. The summed E-state index contributed by atoms with van der Waals surface area (Å²) in [6.45, 7) is 0.762. The van der Waals surface area contributed by atoms with Crippen molar-refractivity contribution in [3.8, 4) is 0 Å². The summed E-state index contributed by atoms with van der Waals surface area (Å²) in [7, 11) is 0.